The quantitative estimate of drug-likeness (QED) is 0.0649. The second-order valence-electron chi connectivity index (χ2n) is 11.4. The lowest BCUT2D eigenvalue weighted by molar-refractivity contribution is 0.0699. The minimum Gasteiger partial charge on any atom is -0.478 e. The fourth-order valence-corrected chi connectivity index (χ4v) is 6.19. The number of azide groups is 1. The van der Waals surface area contributed by atoms with E-state index < -0.39 is 13.7 Å². The summed E-state index contributed by atoms with van der Waals surface area (Å²) in [5, 5.41) is 10.8. The molecular formula is C42H35N8O5P. The molecule has 0 aliphatic carbocycles. The average Bonchev–Trinajstić information content (AvgIpc) is 3.22. The number of para-hydroxylation sites is 2. The van der Waals surface area contributed by atoms with Gasteiger partial charge in [0.05, 0.1) is 40.4 Å². The van der Waals surface area contributed by atoms with Crippen molar-refractivity contribution in [2.24, 2.45) is 4.88 Å². The molecule has 0 aliphatic heterocycles. The van der Waals surface area contributed by atoms with Crippen molar-refractivity contribution < 1.29 is 23.5 Å². The Bertz CT molecular complexity index is 2590. The van der Waals surface area contributed by atoms with Crippen LogP contribution in [0.15, 0.2) is 175 Å². The number of anilines is 1. The van der Waals surface area contributed by atoms with Crippen molar-refractivity contribution in [2.45, 2.75) is 7.43 Å². The highest BCUT2D eigenvalue weighted by molar-refractivity contribution is 7.53. The van der Waals surface area contributed by atoms with Crippen molar-refractivity contribution in [3.05, 3.63) is 186 Å². The molecule has 14 heteroatoms. The summed E-state index contributed by atoms with van der Waals surface area (Å²) in [6.45, 7) is 0. The smallest absolute Gasteiger partial charge is 0.478 e. The Morgan fingerprint density at radius 3 is 1.55 bits per heavy atom. The number of carboxylic acid groups (broad SMARTS) is 1. The van der Waals surface area contributed by atoms with Crippen LogP contribution in [0.3, 0.4) is 0 Å². The maximum absolute atomic E-state index is 12.3. The SMILES string of the molecule is C.Nc1cc(-c2ccccc2)nc2cnccc12.O=C(O)c1cc(-c2ccccc2)nc2cnccc12.[N-]=[N+]=NP(=O)(Oc1ccccc1)Oc1ccccc1. The van der Waals surface area contributed by atoms with Gasteiger partial charge in [-0.05, 0) is 54.1 Å². The van der Waals surface area contributed by atoms with E-state index in [2.05, 4.69) is 29.7 Å². The second kappa shape index (κ2) is 18.9. The van der Waals surface area contributed by atoms with Gasteiger partial charge < -0.3 is 19.9 Å². The maximum atomic E-state index is 12.3. The number of rotatable bonds is 8. The molecule has 0 spiro atoms. The van der Waals surface area contributed by atoms with Crippen molar-refractivity contribution >= 4 is 41.2 Å². The number of aromatic nitrogens is 4. The van der Waals surface area contributed by atoms with Crippen molar-refractivity contribution in [2.75, 3.05) is 5.73 Å². The summed E-state index contributed by atoms with van der Waals surface area (Å²) in [7, 11) is -3.95. The molecular weight excluding hydrogens is 727 g/mol. The minimum absolute atomic E-state index is 0. The van der Waals surface area contributed by atoms with Crippen LogP contribution in [0, 0.1) is 0 Å². The van der Waals surface area contributed by atoms with E-state index in [4.69, 9.17) is 20.3 Å². The van der Waals surface area contributed by atoms with Crippen LogP contribution in [0.2, 0.25) is 0 Å². The van der Waals surface area contributed by atoms with Gasteiger partial charge in [-0.3, -0.25) is 9.97 Å². The summed E-state index contributed by atoms with van der Waals surface area (Å²) in [6.07, 6.45) is 6.60. The molecule has 4 aromatic heterocycles. The van der Waals surface area contributed by atoms with E-state index in [9.17, 15) is 14.5 Å². The lowest BCUT2D eigenvalue weighted by atomic mass is 10.1. The molecule has 4 aromatic carbocycles. The Labute approximate surface area is 322 Å². The molecule has 0 saturated carbocycles. The van der Waals surface area contributed by atoms with E-state index in [1.54, 1.807) is 97.6 Å². The molecule has 56 heavy (non-hydrogen) atoms. The van der Waals surface area contributed by atoms with Crippen molar-refractivity contribution in [1.82, 2.24) is 19.9 Å². The van der Waals surface area contributed by atoms with Gasteiger partial charge in [0.15, 0.2) is 0 Å². The Kier molecular flexibility index (Phi) is 13.4. The van der Waals surface area contributed by atoms with Crippen molar-refractivity contribution in [3.8, 4) is 34.0 Å². The number of pyridine rings is 4. The van der Waals surface area contributed by atoms with Crippen LogP contribution in [-0.2, 0) is 4.57 Å². The summed E-state index contributed by atoms with van der Waals surface area (Å²) in [4.78, 5) is 34.1. The van der Waals surface area contributed by atoms with Crippen LogP contribution < -0.4 is 14.8 Å². The molecule has 3 N–H and O–H groups in total. The number of nitrogens with zero attached hydrogens (tertiary/aromatic N) is 7. The number of benzene rings is 4. The molecule has 13 nitrogen and oxygen atoms in total. The summed E-state index contributed by atoms with van der Waals surface area (Å²) >= 11 is 0. The zero-order chi connectivity index (χ0) is 38.5. The topological polar surface area (TPSA) is 199 Å². The lowest BCUT2D eigenvalue weighted by Crippen LogP contribution is -2.00. The minimum atomic E-state index is -3.95. The number of nitrogens with two attached hydrogens (primary N) is 1. The van der Waals surface area contributed by atoms with Crippen LogP contribution in [0.25, 0.3) is 54.8 Å². The highest BCUT2D eigenvalue weighted by Crippen LogP contribution is 2.50. The Hall–Kier alpha value is -7.59. The first-order valence-corrected chi connectivity index (χ1v) is 18.1. The van der Waals surface area contributed by atoms with Gasteiger partial charge in [-0.25, -0.2) is 19.3 Å². The van der Waals surface area contributed by atoms with Crippen LogP contribution in [0.5, 0.6) is 11.5 Å². The highest BCUT2D eigenvalue weighted by atomic mass is 31.2. The number of hydrogen-bond donors (Lipinski definition) is 2. The molecule has 278 valence electrons. The molecule has 0 unspecified atom stereocenters. The number of hydrogen-bond acceptors (Lipinski definition) is 9. The zero-order valence-electron chi connectivity index (χ0n) is 28.9. The van der Waals surface area contributed by atoms with Gasteiger partial charge in [0, 0.05) is 49.8 Å². The third-order valence-corrected chi connectivity index (χ3v) is 8.89. The molecule has 8 aromatic rings. The fourth-order valence-electron chi connectivity index (χ4n) is 5.21. The third kappa shape index (κ3) is 10.3. The van der Waals surface area contributed by atoms with Gasteiger partial charge >= 0.3 is 13.7 Å². The predicted molar refractivity (Wildman–Crippen MR) is 219 cm³/mol. The Morgan fingerprint density at radius 1 is 0.661 bits per heavy atom. The third-order valence-electron chi connectivity index (χ3n) is 7.70. The van der Waals surface area contributed by atoms with Crippen LogP contribution in [0.1, 0.15) is 17.8 Å². The summed E-state index contributed by atoms with van der Waals surface area (Å²) in [5.74, 6) is -0.362. The average molecular weight is 763 g/mol. The van der Waals surface area contributed by atoms with Gasteiger partial charge in [-0.2, -0.15) is 0 Å². The lowest BCUT2D eigenvalue weighted by Gasteiger charge is -2.14. The summed E-state index contributed by atoms with van der Waals surface area (Å²) < 4.78 is 22.6. The molecule has 0 aliphatic rings. The van der Waals surface area contributed by atoms with Crippen molar-refractivity contribution in [1.29, 1.82) is 0 Å². The van der Waals surface area contributed by atoms with Crippen LogP contribution in [-0.4, -0.2) is 31.0 Å². The Balaban J connectivity index is 0.000000160. The summed E-state index contributed by atoms with van der Waals surface area (Å²) in [6, 6.07) is 43.3. The number of carbonyl (C=O) groups is 1. The van der Waals surface area contributed by atoms with Gasteiger partial charge in [0.2, 0.25) is 0 Å². The number of carboxylic acids is 1. The van der Waals surface area contributed by atoms with E-state index in [0.717, 1.165) is 33.4 Å². The van der Waals surface area contributed by atoms with E-state index in [1.165, 1.54) is 0 Å². The van der Waals surface area contributed by atoms with E-state index in [-0.39, 0.29) is 13.0 Å². The molecule has 0 fully saturated rings. The van der Waals surface area contributed by atoms with Crippen molar-refractivity contribution in [3.63, 3.8) is 0 Å². The van der Waals surface area contributed by atoms with Gasteiger partial charge in [0.1, 0.15) is 11.5 Å². The standard InChI is InChI=1S/C15H10N2O2.C14H11N3.C12H10N3O3P.CH4/c18-15(19)12-8-13(10-4-2-1-3-5-10)17-14-9-16-7-6-11(12)14;15-12-8-13(10-4-2-1-3-5-10)17-14-9-16-7-6-11(12)14;13-14-15-19(16,17-11-7-3-1-4-8-11)18-12-9-5-2-6-10-12;/h1-9H,(H,18,19);1-9H,(H2,15,17);1-10H;1H4. The van der Waals surface area contributed by atoms with E-state index in [0.29, 0.717) is 28.1 Å². The number of fused-ring (bicyclic) bond motifs is 2. The molecule has 0 atom stereocenters. The Morgan fingerprint density at radius 2 is 1.09 bits per heavy atom. The van der Waals surface area contributed by atoms with E-state index in [1.807, 2.05) is 72.8 Å². The maximum Gasteiger partial charge on any atom is 0.525 e. The fraction of sp³-hybridized carbons (Fsp3) is 0.0238. The number of nitrogen functional groups attached to an aromatic ring is 1. The first kappa shape index (κ1) is 39.6. The molecule has 0 amide bonds. The molecule has 0 saturated heterocycles. The largest absolute Gasteiger partial charge is 0.525 e. The monoisotopic (exact) mass is 762 g/mol. The highest BCUT2D eigenvalue weighted by Gasteiger charge is 2.26. The second-order valence-corrected chi connectivity index (χ2v) is 12.9. The molecule has 8 rings (SSSR count). The first-order valence-electron chi connectivity index (χ1n) is 16.6. The normalized spacial score (nSPS) is 10.3. The molecule has 0 radical (unpaired) electrons. The first-order chi connectivity index (χ1) is 26.8. The van der Waals surface area contributed by atoms with E-state index >= 15 is 0 Å². The predicted octanol–water partition coefficient (Wildman–Crippen LogP) is 11.1. The van der Waals surface area contributed by atoms with Crippen LogP contribution >= 0.6 is 7.75 Å². The molecule has 4 heterocycles. The zero-order valence-corrected chi connectivity index (χ0v) is 29.8. The van der Waals surface area contributed by atoms with Gasteiger partial charge in [0.25, 0.3) is 0 Å². The van der Waals surface area contributed by atoms with Gasteiger partial charge in [-0.1, -0.05) is 104 Å². The summed E-state index contributed by atoms with van der Waals surface area (Å²) in [5.41, 5.74) is 20.4. The molecule has 0 bridgehead atoms. The number of aromatic carboxylic acids is 1. The van der Waals surface area contributed by atoms with Crippen LogP contribution in [0.4, 0.5) is 5.69 Å². The van der Waals surface area contributed by atoms with Gasteiger partial charge in [-0.15, -0.1) is 0 Å².